The first-order valence-electron chi connectivity index (χ1n) is 6.89. The van der Waals surface area contributed by atoms with Crippen molar-refractivity contribution in [3.05, 3.63) is 58.2 Å². The molecular formula is C16H20BrN3. The molecule has 0 radical (unpaired) electrons. The lowest BCUT2D eigenvalue weighted by molar-refractivity contribution is 0.529. The number of pyridine rings is 1. The Morgan fingerprint density at radius 1 is 1.25 bits per heavy atom. The van der Waals surface area contributed by atoms with Crippen LogP contribution in [0, 0.1) is 0 Å². The molecule has 1 heterocycles. The molecule has 2 aromatic rings. The van der Waals surface area contributed by atoms with Gasteiger partial charge in [0.05, 0.1) is 0 Å². The van der Waals surface area contributed by atoms with E-state index in [-0.39, 0.29) is 6.04 Å². The van der Waals surface area contributed by atoms with Gasteiger partial charge < -0.3 is 11.1 Å². The fourth-order valence-electron chi connectivity index (χ4n) is 2.19. The number of nitrogen functional groups attached to an aromatic ring is 1. The van der Waals surface area contributed by atoms with Gasteiger partial charge in [-0.1, -0.05) is 41.1 Å². The van der Waals surface area contributed by atoms with Gasteiger partial charge in [0.15, 0.2) is 0 Å². The Bertz CT molecular complexity index is 540. The van der Waals surface area contributed by atoms with Gasteiger partial charge in [-0.25, -0.2) is 4.98 Å². The van der Waals surface area contributed by atoms with Gasteiger partial charge in [-0.3, -0.25) is 0 Å². The highest BCUT2D eigenvalue weighted by Gasteiger charge is 2.14. The molecule has 0 aliphatic heterocycles. The highest BCUT2D eigenvalue weighted by Crippen LogP contribution is 2.23. The van der Waals surface area contributed by atoms with Crippen LogP contribution in [0.15, 0.2) is 47.1 Å². The quantitative estimate of drug-likeness (QED) is 0.847. The Hall–Kier alpha value is -1.39. The van der Waals surface area contributed by atoms with E-state index >= 15 is 0 Å². The Balaban J connectivity index is 2.19. The number of nitrogens with one attached hydrogen (secondary N) is 1. The van der Waals surface area contributed by atoms with E-state index in [1.54, 1.807) is 6.20 Å². The van der Waals surface area contributed by atoms with E-state index in [4.69, 9.17) is 5.73 Å². The zero-order chi connectivity index (χ0) is 14.4. The van der Waals surface area contributed by atoms with E-state index in [2.05, 4.69) is 63.5 Å². The molecule has 0 aliphatic rings. The van der Waals surface area contributed by atoms with Crippen LogP contribution in [0.5, 0.6) is 0 Å². The van der Waals surface area contributed by atoms with Gasteiger partial charge in [0.2, 0.25) is 0 Å². The maximum Gasteiger partial charge on any atom is 0.128 e. The summed E-state index contributed by atoms with van der Waals surface area (Å²) in [7, 11) is 0. The third-order valence-electron chi connectivity index (χ3n) is 3.24. The van der Waals surface area contributed by atoms with Gasteiger partial charge in [-0.05, 0) is 43.1 Å². The van der Waals surface area contributed by atoms with E-state index in [0.29, 0.717) is 5.82 Å². The molecule has 0 aliphatic carbocycles. The molecule has 0 fully saturated rings. The molecule has 1 aromatic carbocycles. The third kappa shape index (κ3) is 4.05. The van der Waals surface area contributed by atoms with Gasteiger partial charge >= 0.3 is 0 Å². The zero-order valence-corrected chi connectivity index (χ0v) is 13.2. The normalized spacial score (nSPS) is 12.3. The highest BCUT2D eigenvalue weighted by molar-refractivity contribution is 9.10. The van der Waals surface area contributed by atoms with E-state index in [0.717, 1.165) is 29.4 Å². The molecule has 3 nitrogen and oxygen atoms in total. The number of halogens is 1. The van der Waals surface area contributed by atoms with E-state index in [1.165, 1.54) is 5.56 Å². The Kier molecular flexibility index (Phi) is 5.56. The highest BCUT2D eigenvalue weighted by atomic mass is 79.9. The van der Waals surface area contributed by atoms with Gasteiger partial charge in [0.1, 0.15) is 5.82 Å². The predicted molar refractivity (Wildman–Crippen MR) is 87.5 cm³/mol. The topological polar surface area (TPSA) is 50.9 Å². The monoisotopic (exact) mass is 333 g/mol. The van der Waals surface area contributed by atoms with Crippen molar-refractivity contribution in [1.29, 1.82) is 0 Å². The zero-order valence-electron chi connectivity index (χ0n) is 11.6. The number of anilines is 1. The minimum Gasteiger partial charge on any atom is -0.383 e. The average Bonchev–Trinajstić information content (AvgIpc) is 2.46. The van der Waals surface area contributed by atoms with Crippen molar-refractivity contribution in [2.24, 2.45) is 0 Å². The lowest BCUT2D eigenvalue weighted by atomic mass is 9.99. The first-order valence-corrected chi connectivity index (χ1v) is 7.68. The molecule has 3 N–H and O–H groups in total. The van der Waals surface area contributed by atoms with Crippen LogP contribution in [-0.4, -0.2) is 11.5 Å². The van der Waals surface area contributed by atoms with E-state index < -0.39 is 0 Å². The van der Waals surface area contributed by atoms with Crippen molar-refractivity contribution >= 4 is 21.7 Å². The van der Waals surface area contributed by atoms with Gasteiger partial charge in [-0.15, -0.1) is 0 Å². The average molecular weight is 334 g/mol. The number of nitrogens with zero attached hydrogens (tertiary/aromatic N) is 1. The van der Waals surface area contributed by atoms with E-state index in [9.17, 15) is 0 Å². The van der Waals surface area contributed by atoms with Crippen LogP contribution < -0.4 is 11.1 Å². The van der Waals surface area contributed by atoms with Crippen molar-refractivity contribution in [1.82, 2.24) is 10.3 Å². The number of benzene rings is 1. The van der Waals surface area contributed by atoms with Gasteiger partial charge in [-0.2, -0.15) is 0 Å². The summed E-state index contributed by atoms with van der Waals surface area (Å²) in [5.41, 5.74) is 8.37. The smallest absolute Gasteiger partial charge is 0.128 e. The number of rotatable bonds is 6. The third-order valence-corrected chi connectivity index (χ3v) is 3.77. The van der Waals surface area contributed by atoms with Gasteiger partial charge in [0.25, 0.3) is 0 Å². The van der Waals surface area contributed by atoms with Crippen molar-refractivity contribution in [3.8, 4) is 0 Å². The van der Waals surface area contributed by atoms with Crippen molar-refractivity contribution in [2.75, 3.05) is 12.3 Å². The molecule has 0 spiro atoms. The standard InChI is InChI=1S/C16H20BrN3/c1-2-9-19-15(14-4-3-10-20-16(14)18)11-12-5-7-13(17)8-6-12/h3-8,10,15,19H,2,9,11H2,1H3,(H2,18,20). The summed E-state index contributed by atoms with van der Waals surface area (Å²) in [4.78, 5) is 4.19. The lowest BCUT2D eigenvalue weighted by Gasteiger charge is -2.20. The van der Waals surface area contributed by atoms with Crippen LogP contribution in [0.25, 0.3) is 0 Å². The van der Waals surface area contributed by atoms with Crippen LogP contribution in [0.3, 0.4) is 0 Å². The van der Waals surface area contributed by atoms with Crippen molar-refractivity contribution < 1.29 is 0 Å². The first-order chi connectivity index (χ1) is 9.70. The van der Waals surface area contributed by atoms with Crippen molar-refractivity contribution in [3.63, 3.8) is 0 Å². The molecular weight excluding hydrogens is 314 g/mol. The second-order valence-corrected chi connectivity index (χ2v) is 5.73. The maximum atomic E-state index is 6.01. The Labute approximate surface area is 128 Å². The summed E-state index contributed by atoms with van der Waals surface area (Å²) in [6.45, 7) is 3.13. The van der Waals surface area contributed by atoms with Crippen LogP contribution in [0.4, 0.5) is 5.82 Å². The first kappa shape index (κ1) is 15.0. The Morgan fingerprint density at radius 2 is 2.00 bits per heavy atom. The molecule has 4 heteroatoms. The van der Waals surface area contributed by atoms with Crippen LogP contribution in [-0.2, 0) is 6.42 Å². The molecule has 0 saturated heterocycles. The van der Waals surface area contributed by atoms with Crippen molar-refractivity contribution in [2.45, 2.75) is 25.8 Å². The summed E-state index contributed by atoms with van der Waals surface area (Å²) >= 11 is 3.46. The van der Waals surface area contributed by atoms with Gasteiger partial charge in [0, 0.05) is 22.3 Å². The summed E-state index contributed by atoms with van der Waals surface area (Å²) in [5, 5.41) is 3.56. The molecule has 106 valence electrons. The number of aromatic nitrogens is 1. The minimum atomic E-state index is 0.199. The second kappa shape index (κ2) is 7.41. The van der Waals surface area contributed by atoms with Crippen LogP contribution in [0.2, 0.25) is 0 Å². The van der Waals surface area contributed by atoms with Crippen LogP contribution in [0.1, 0.15) is 30.5 Å². The SMILES string of the molecule is CCCNC(Cc1ccc(Br)cc1)c1cccnc1N. The molecule has 0 saturated carbocycles. The fourth-order valence-corrected chi connectivity index (χ4v) is 2.46. The number of nitrogens with two attached hydrogens (primary N) is 1. The van der Waals surface area contributed by atoms with Crippen LogP contribution >= 0.6 is 15.9 Å². The molecule has 0 bridgehead atoms. The summed E-state index contributed by atoms with van der Waals surface area (Å²) < 4.78 is 1.10. The summed E-state index contributed by atoms with van der Waals surface area (Å²) in [5.74, 6) is 0.609. The minimum absolute atomic E-state index is 0.199. The maximum absolute atomic E-state index is 6.01. The Morgan fingerprint density at radius 3 is 2.65 bits per heavy atom. The summed E-state index contributed by atoms with van der Waals surface area (Å²) in [6.07, 6.45) is 3.73. The molecule has 0 amide bonds. The number of hydrogen-bond acceptors (Lipinski definition) is 3. The molecule has 20 heavy (non-hydrogen) atoms. The van der Waals surface area contributed by atoms with E-state index in [1.807, 2.05) is 6.07 Å². The molecule has 1 atom stereocenters. The summed E-state index contributed by atoms with van der Waals surface area (Å²) in [6, 6.07) is 12.6. The largest absolute Gasteiger partial charge is 0.383 e. The predicted octanol–water partition coefficient (Wildman–Crippen LogP) is 3.71. The molecule has 1 unspecified atom stereocenters. The molecule has 1 aromatic heterocycles. The second-order valence-electron chi connectivity index (χ2n) is 4.82. The lowest BCUT2D eigenvalue weighted by Crippen LogP contribution is -2.25. The number of hydrogen-bond donors (Lipinski definition) is 2. The molecule has 2 rings (SSSR count). The fraction of sp³-hybridized carbons (Fsp3) is 0.312.